The van der Waals surface area contributed by atoms with Gasteiger partial charge >= 0.3 is 6.18 Å². The molecular weight excluding hydrogens is 469 g/mol. The van der Waals surface area contributed by atoms with Crippen molar-refractivity contribution in [1.29, 1.82) is 0 Å². The number of amides is 1. The monoisotopic (exact) mass is 504 g/mol. The van der Waals surface area contributed by atoms with Gasteiger partial charge < -0.3 is 10.1 Å². The summed E-state index contributed by atoms with van der Waals surface area (Å²) in [7, 11) is 0. The smallest absolute Gasteiger partial charge is 0.416 e. The number of likely N-dealkylation sites (N-methyl/N-ethyl adjacent to an activating group) is 1. The Labute approximate surface area is 210 Å². The van der Waals surface area contributed by atoms with E-state index in [4.69, 9.17) is 4.74 Å². The molecule has 3 atom stereocenters. The number of hydrogen-bond donors (Lipinski definition) is 1. The summed E-state index contributed by atoms with van der Waals surface area (Å²) in [5.41, 5.74) is 0.376. The molecule has 0 radical (unpaired) electrons. The zero-order valence-corrected chi connectivity index (χ0v) is 20.7. The van der Waals surface area contributed by atoms with E-state index in [0.717, 1.165) is 43.6 Å². The lowest BCUT2D eigenvalue weighted by molar-refractivity contribution is -0.137. The predicted octanol–water partition coefficient (Wildman–Crippen LogP) is 4.22. The number of hydrogen-bond acceptors (Lipinski definition) is 5. The third-order valence-electron chi connectivity index (χ3n) is 7.20. The fourth-order valence-corrected chi connectivity index (χ4v) is 5.37. The summed E-state index contributed by atoms with van der Waals surface area (Å²) in [6.07, 6.45) is 1.98. The molecule has 36 heavy (non-hydrogen) atoms. The molecule has 1 amide bonds. The van der Waals surface area contributed by atoms with Crippen LogP contribution in [0.3, 0.4) is 0 Å². The molecule has 1 N–H and O–H groups in total. The molecule has 196 valence electrons. The van der Waals surface area contributed by atoms with E-state index in [1.807, 2.05) is 12.1 Å². The molecule has 9 heteroatoms. The van der Waals surface area contributed by atoms with Crippen LogP contribution in [-0.2, 0) is 17.5 Å². The first kappa shape index (κ1) is 26.4. The van der Waals surface area contributed by atoms with Crippen LogP contribution in [0.2, 0.25) is 0 Å². The van der Waals surface area contributed by atoms with Gasteiger partial charge in [-0.3, -0.25) is 19.6 Å². The summed E-state index contributed by atoms with van der Waals surface area (Å²) in [5.74, 6) is 0.0519. The van der Waals surface area contributed by atoms with Gasteiger partial charge in [0.1, 0.15) is 5.75 Å². The first-order chi connectivity index (χ1) is 17.3. The molecule has 0 bridgehead atoms. The first-order valence-electron chi connectivity index (χ1n) is 12.7. The highest BCUT2D eigenvalue weighted by Crippen LogP contribution is 2.32. The molecule has 1 aromatic heterocycles. The second-order valence-electron chi connectivity index (χ2n) is 9.85. The van der Waals surface area contributed by atoms with Crippen molar-refractivity contribution in [2.45, 2.75) is 44.9 Å². The van der Waals surface area contributed by atoms with Gasteiger partial charge in [0.05, 0.1) is 18.1 Å². The standard InChI is InChI=1S/C27H35F3N4O2/c1-2-34-12-4-6-24(34)15-32-26(35)22-13-21(17-33(18-22)16-20-8-10-31-11-9-20)19-36-25-7-3-5-23(14-25)27(28,29)30/h3,5,7-11,14,21-22,24H,2,4,6,12-13,15-19H2,1H3,(H,32,35)/t21-,22+,24?/m0/s1. The number of aromatic nitrogens is 1. The zero-order chi connectivity index (χ0) is 25.5. The van der Waals surface area contributed by atoms with Crippen molar-refractivity contribution in [1.82, 2.24) is 20.1 Å². The average Bonchev–Trinajstić information content (AvgIpc) is 3.34. The number of piperidine rings is 1. The van der Waals surface area contributed by atoms with Crippen LogP contribution in [0.5, 0.6) is 5.75 Å². The number of likely N-dealkylation sites (tertiary alicyclic amines) is 2. The normalized spacial score (nSPS) is 23.5. The van der Waals surface area contributed by atoms with Gasteiger partial charge in [-0.25, -0.2) is 0 Å². The Hall–Kier alpha value is -2.65. The van der Waals surface area contributed by atoms with Crippen molar-refractivity contribution in [3.63, 3.8) is 0 Å². The number of nitrogens with zero attached hydrogens (tertiary/aromatic N) is 3. The van der Waals surface area contributed by atoms with E-state index in [0.29, 0.717) is 38.6 Å². The van der Waals surface area contributed by atoms with E-state index in [2.05, 4.69) is 27.0 Å². The molecule has 1 aromatic carbocycles. The molecule has 0 spiro atoms. The summed E-state index contributed by atoms with van der Waals surface area (Å²) in [5, 5.41) is 3.18. The number of carbonyl (C=O) groups is 1. The van der Waals surface area contributed by atoms with Gasteiger partial charge in [-0.05, 0) is 68.2 Å². The zero-order valence-electron chi connectivity index (χ0n) is 20.7. The van der Waals surface area contributed by atoms with Crippen molar-refractivity contribution < 1.29 is 22.7 Å². The molecule has 2 aliphatic heterocycles. The largest absolute Gasteiger partial charge is 0.493 e. The Morgan fingerprint density at radius 3 is 2.75 bits per heavy atom. The number of halogens is 3. The number of rotatable bonds is 9. The minimum absolute atomic E-state index is 0.0181. The molecule has 3 heterocycles. The topological polar surface area (TPSA) is 57.7 Å². The van der Waals surface area contributed by atoms with Crippen molar-refractivity contribution >= 4 is 5.91 Å². The molecule has 0 saturated carbocycles. The quantitative estimate of drug-likeness (QED) is 0.554. The van der Waals surface area contributed by atoms with E-state index < -0.39 is 11.7 Å². The molecule has 4 rings (SSSR count). The van der Waals surface area contributed by atoms with Gasteiger partial charge in [0.25, 0.3) is 0 Å². The van der Waals surface area contributed by atoms with Gasteiger partial charge in [-0.2, -0.15) is 13.2 Å². The number of pyridine rings is 1. The van der Waals surface area contributed by atoms with E-state index in [9.17, 15) is 18.0 Å². The summed E-state index contributed by atoms with van der Waals surface area (Å²) in [6.45, 7) is 7.14. The first-order valence-corrected chi connectivity index (χ1v) is 12.7. The minimum atomic E-state index is -4.42. The van der Waals surface area contributed by atoms with Crippen molar-refractivity contribution in [2.75, 3.05) is 39.3 Å². The van der Waals surface area contributed by atoms with Gasteiger partial charge in [0.2, 0.25) is 5.91 Å². The van der Waals surface area contributed by atoms with E-state index in [-0.39, 0.29) is 30.1 Å². The fraction of sp³-hybridized carbons (Fsp3) is 0.556. The maximum atomic E-state index is 13.2. The molecule has 1 unspecified atom stereocenters. The summed E-state index contributed by atoms with van der Waals surface area (Å²) >= 11 is 0. The lowest BCUT2D eigenvalue weighted by Gasteiger charge is -2.37. The van der Waals surface area contributed by atoms with Gasteiger partial charge in [0.15, 0.2) is 0 Å². The highest BCUT2D eigenvalue weighted by atomic mass is 19.4. The Balaban J connectivity index is 1.39. The Morgan fingerprint density at radius 2 is 2.00 bits per heavy atom. The average molecular weight is 505 g/mol. The SMILES string of the molecule is CCN1CCCC1CNC(=O)[C@@H]1C[C@H](COc2cccc(C(F)(F)F)c2)CN(Cc2ccncc2)C1. The van der Waals surface area contributed by atoms with E-state index >= 15 is 0 Å². The van der Waals surface area contributed by atoms with Crippen molar-refractivity contribution in [2.24, 2.45) is 11.8 Å². The number of carbonyl (C=O) groups excluding carboxylic acids is 1. The van der Waals surface area contributed by atoms with Crippen LogP contribution in [0.1, 0.15) is 37.3 Å². The van der Waals surface area contributed by atoms with Gasteiger partial charge in [0, 0.05) is 50.5 Å². The predicted molar refractivity (Wildman–Crippen MR) is 131 cm³/mol. The number of ether oxygens (including phenoxy) is 1. The number of benzene rings is 1. The highest BCUT2D eigenvalue weighted by Gasteiger charge is 2.34. The molecule has 6 nitrogen and oxygen atoms in total. The second-order valence-corrected chi connectivity index (χ2v) is 9.85. The minimum Gasteiger partial charge on any atom is -0.493 e. The lowest BCUT2D eigenvalue weighted by Crippen LogP contribution is -2.49. The Morgan fingerprint density at radius 1 is 1.19 bits per heavy atom. The van der Waals surface area contributed by atoms with Crippen molar-refractivity contribution in [3.05, 3.63) is 59.9 Å². The third-order valence-corrected chi connectivity index (χ3v) is 7.20. The molecule has 2 fully saturated rings. The van der Waals surface area contributed by atoms with Crippen molar-refractivity contribution in [3.8, 4) is 5.75 Å². The maximum absolute atomic E-state index is 13.2. The molecule has 0 aliphatic carbocycles. The van der Waals surface area contributed by atoms with Crippen LogP contribution in [0.25, 0.3) is 0 Å². The third kappa shape index (κ3) is 7.20. The highest BCUT2D eigenvalue weighted by molar-refractivity contribution is 5.79. The Kier molecular flexibility index (Phi) is 8.85. The summed E-state index contributed by atoms with van der Waals surface area (Å²) < 4.78 is 45.0. The van der Waals surface area contributed by atoms with Crippen LogP contribution in [0.15, 0.2) is 48.8 Å². The van der Waals surface area contributed by atoms with Crippen LogP contribution in [0, 0.1) is 11.8 Å². The molecule has 2 aromatic rings. The molecule has 2 aliphatic rings. The van der Waals surface area contributed by atoms with Crippen LogP contribution < -0.4 is 10.1 Å². The van der Waals surface area contributed by atoms with Crippen LogP contribution in [-0.4, -0.2) is 66.1 Å². The van der Waals surface area contributed by atoms with E-state index in [1.165, 1.54) is 12.1 Å². The second kappa shape index (κ2) is 12.1. The van der Waals surface area contributed by atoms with Gasteiger partial charge in [-0.1, -0.05) is 13.0 Å². The molecule has 2 saturated heterocycles. The maximum Gasteiger partial charge on any atom is 0.416 e. The fourth-order valence-electron chi connectivity index (χ4n) is 5.37. The van der Waals surface area contributed by atoms with Crippen LogP contribution in [0.4, 0.5) is 13.2 Å². The summed E-state index contributed by atoms with van der Waals surface area (Å²) in [4.78, 5) is 21.9. The number of alkyl halides is 3. The van der Waals surface area contributed by atoms with Crippen LogP contribution >= 0.6 is 0 Å². The lowest BCUT2D eigenvalue weighted by atomic mass is 9.88. The Bertz CT molecular complexity index is 988. The number of nitrogens with one attached hydrogen (secondary N) is 1. The molecular formula is C27H35F3N4O2. The van der Waals surface area contributed by atoms with Gasteiger partial charge in [-0.15, -0.1) is 0 Å². The van der Waals surface area contributed by atoms with E-state index in [1.54, 1.807) is 12.4 Å². The summed E-state index contributed by atoms with van der Waals surface area (Å²) in [6, 6.07) is 9.26.